The quantitative estimate of drug-likeness (QED) is 0.404. The zero-order chi connectivity index (χ0) is 24.5. The van der Waals surface area contributed by atoms with E-state index in [9.17, 15) is 26.3 Å². The van der Waals surface area contributed by atoms with Crippen molar-refractivity contribution in [2.75, 3.05) is 13.2 Å². The molecule has 0 bridgehead atoms. The van der Waals surface area contributed by atoms with Crippen molar-refractivity contribution in [1.29, 1.82) is 0 Å². The monoisotopic (exact) mass is 484 g/mol. The van der Waals surface area contributed by atoms with E-state index >= 15 is 0 Å². The van der Waals surface area contributed by atoms with Crippen LogP contribution in [0.3, 0.4) is 0 Å². The van der Waals surface area contributed by atoms with Crippen LogP contribution in [-0.2, 0) is 15.7 Å². The summed E-state index contributed by atoms with van der Waals surface area (Å²) in [4.78, 5) is 0. The lowest BCUT2D eigenvalue weighted by molar-refractivity contribution is -0.225. The van der Waals surface area contributed by atoms with Crippen molar-refractivity contribution in [1.82, 2.24) is 0 Å². The van der Waals surface area contributed by atoms with E-state index in [-0.39, 0.29) is 17.8 Å². The van der Waals surface area contributed by atoms with Crippen molar-refractivity contribution < 1.29 is 35.8 Å². The molecule has 0 radical (unpaired) electrons. The van der Waals surface area contributed by atoms with E-state index in [1.165, 1.54) is 12.1 Å². The second kappa shape index (κ2) is 10.1. The van der Waals surface area contributed by atoms with E-state index in [0.717, 1.165) is 30.9 Å². The van der Waals surface area contributed by atoms with Gasteiger partial charge in [0.1, 0.15) is 5.82 Å². The molecule has 1 heterocycles. The van der Waals surface area contributed by atoms with Gasteiger partial charge < -0.3 is 9.47 Å². The van der Waals surface area contributed by atoms with E-state index in [4.69, 9.17) is 9.47 Å². The number of alkyl halides is 3. The summed E-state index contributed by atoms with van der Waals surface area (Å²) in [7, 11) is 0. The number of halogens is 6. The van der Waals surface area contributed by atoms with Crippen LogP contribution in [0, 0.1) is 29.3 Å². The third kappa shape index (κ3) is 5.18. The average Bonchev–Trinajstić information content (AvgIpc) is 2.81. The van der Waals surface area contributed by atoms with Crippen molar-refractivity contribution in [2.45, 2.75) is 51.5 Å². The minimum atomic E-state index is -5.04. The van der Waals surface area contributed by atoms with E-state index in [2.05, 4.69) is 6.92 Å². The van der Waals surface area contributed by atoms with Crippen molar-refractivity contribution in [3.05, 3.63) is 65.0 Å². The number of allylic oxidation sites excluding steroid dienone is 2. The molecule has 1 saturated heterocycles. The Kier molecular flexibility index (Phi) is 7.38. The largest absolute Gasteiger partial charge is 0.419 e. The van der Waals surface area contributed by atoms with Crippen molar-refractivity contribution in [3.8, 4) is 11.1 Å². The maximum Gasteiger partial charge on any atom is 0.419 e. The van der Waals surface area contributed by atoms with Crippen LogP contribution in [0.25, 0.3) is 16.7 Å². The normalized spacial score (nSPS) is 23.6. The lowest BCUT2D eigenvalue weighted by atomic mass is 9.85. The number of ether oxygens (including phenoxy) is 2. The molecule has 1 aliphatic heterocycles. The van der Waals surface area contributed by atoms with Gasteiger partial charge in [0.2, 0.25) is 0 Å². The predicted molar refractivity (Wildman–Crippen MR) is 116 cm³/mol. The average molecular weight is 484 g/mol. The molecule has 0 N–H and O–H groups in total. The highest BCUT2D eigenvalue weighted by atomic mass is 19.4. The van der Waals surface area contributed by atoms with E-state index in [0.29, 0.717) is 43.6 Å². The van der Waals surface area contributed by atoms with Gasteiger partial charge in [-0.2, -0.15) is 13.2 Å². The third-order valence-electron chi connectivity index (χ3n) is 6.54. The Hall–Kier alpha value is -2.32. The summed E-state index contributed by atoms with van der Waals surface area (Å²) in [5, 5.41) is 0. The number of hydrogen-bond donors (Lipinski definition) is 0. The van der Waals surface area contributed by atoms with Crippen LogP contribution >= 0.6 is 0 Å². The third-order valence-corrected chi connectivity index (χ3v) is 6.54. The standard InChI is InChI=1S/C26H26F6O2/c1-2-3-15-13-33-25(34-14-15)17-6-4-16(5-7-17)18-8-9-19(22(27)12-18)20-10-11-21(26(30,31)32)24(29)23(20)28/h4,8-12,15,17,25H,2-3,5-7,13-14H2,1H3. The first kappa shape index (κ1) is 24.8. The molecule has 1 unspecified atom stereocenters. The molecule has 34 heavy (non-hydrogen) atoms. The molecule has 0 aromatic heterocycles. The molecule has 4 rings (SSSR count). The molecule has 0 amide bonds. The fourth-order valence-electron chi connectivity index (χ4n) is 4.68. The van der Waals surface area contributed by atoms with E-state index in [1.54, 1.807) is 6.07 Å². The Balaban J connectivity index is 1.47. The SMILES string of the molecule is CCCC1COC(C2CC=C(c3ccc(-c4ccc(C(F)(F)F)c(F)c4F)c(F)c3)CC2)OC1. The minimum absolute atomic E-state index is 0.208. The second-order valence-corrected chi connectivity index (χ2v) is 8.93. The number of hydrogen-bond acceptors (Lipinski definition) is 2. The fourth-order valence-corrected chi connectivity index (χ4v) is 4.68. The number of benzene rings is 2. The zero-order valence-electron chi connectivity index (χ0n) is 18.7. The lowest BCUT2D eigenvalue weighted by Crippen LogP contribution is -2.37. The summed E-state index contributed by atoms with van der Waals surface area (Å²) in [6.07, 6.45) is 1.07. The van der Waals surface area contributed by atoms with Gasteiger partial charge in [-0.3, -0.25) is 0 Å². The molecule has 2 aromatic rings. The molecule has 8 heteroatoms. The Morgan fingerprint density at radius 3 is 2.24 bits per heavy atom. The molecule has 1 aliphatic carbocycles. The summed E-state index contributed by atoms with van der Waals surface area (Å²) in [6, 6.07) is 5.22. The summed E-state index contributed by atoms with van der Waals surface area (Å²) in [5.41, 5.74) is -1.06. The molecule has 2 aliphatic rings. The minimum Gasteiger partial charge on any atom is -0.352 e. The molecule has 2 nitrogen and oxygen atoms in total. The van der Waals surface area contributed by atoms with Crippen LogP contribution in [-0.4, -0.2) is 19.5 Å². The highest BCUT2D eigenvalue weighted by Crippen LogP contribution is 2.38. The lowest BCUT2D eigenvalue weighted by Gasteiger charge is -2.35. The van der Waals surface area contributed by atoms with Gasteiger partial charge >= 0.3 is 6.18 Å². The maximum absolute atomic E-state index is 14.8. The van der Waals surface area contributed by atoms with Gasteiger partial charge in [-0.1, -0.05) is 37.6 Å². The Labute approximate surface area is 194 Å². The first-order chi connectivity index (χ1) is 16.2. The molecule has 0 spiro atoms. The van der Waals surface area contributed by atoms with E-state index in [1.807, 2.05) is 6.08 Å². The number of rotatable bonds is 5. The van der Waals surface area contributed by atoms with Crippen LogP contribution in [0.1, 0.15) is 50.2 Å². The first-order valence-corrected chi connectivity index (χ1v) is 11.5. The van der Waals surface area contributed by atoms with Gasteiger partial charge in [-0.25, -0.2) is 13.2 Å². The second-order valence-electron chi connectivity index (χ2n) is 8.93. The summed E-state index contributed by atoms with van der Waals surface area (Å²) in [6.45, 7) is 3.52. The van der Waals surface area contributed by atoms with Crippen molar-refractivity contribution >= 4 is 5.57 Å². The highest BCUT2D eigenvalue weighted by molar-refractivity contribution is 5.72. The Bertz CT molecular complexity index is 1050. The van der Waals surface area contributed by atoms with Crippen molar-refractivity contribution in [3.63, 3.8) is 0 Å². The summed E-state index contributed by atoms with van der Waals surface area (Å²) < 4.78 is 93.3. The molecular weight excluding hydrogens is 458 g/mol. The van der Waals surface area contributed by atoms with Crippen molar-refractivity contribution in [2.24, 2.45) is 11.8 Å². The molecule has 0 saturated carbocycles. The Morgan fingerprint density at radius 2 is 1.65 bits per heavy atom. The summed E-state index contributed by atoms with van der Waals surface area (Å²) >= 11 is 0. The Morgan fingerprint density at radius 1 is 0.941 bits per heavy atom. The molecular formula is C26H26F6O2. The van der Waals surface area contributed by atoms with Crippen LogP contribution in [0.4, 0.5) is 26.3 Å². The van der Waals surface area contributed by atoms with Gasteiger partial charge in [-0.05, 0) is 49.0 Å². The maximum atomic E-state index is 14.8. The molecule has 1 fully saturated rings. The van der Waals surface area contributed by atoms with Crippen LogP contribution in [0.15, 0.2) is 36.4 Å². The van der Waals surface area contributed by atoms with Crippen LogP contribution in [0.5, 0.6) is 0 Å². The zero-order valence-corrected chi connectivity index (χ0v) is 18.7. The van der Waals surface area contributed by atoms with E-state index < -0.39 is 34.8 Å². The molecule has 184 valence electrons. The highest BCUT2D eigenvalue weighted by Gasteiger charge is 2.36. The smallest absolute Gasteiger partial charge is 0.352 e. The van der Waals surface area contributed by atoms with Gasteiger partial charge in [0, 0.05) is 23.0 Å². The van der Waals surface area contributed by atoms with Gasteiger partial charge in [-0.15, -0.1) is 0 Å². The van der Waals surface area contributed by atoms with Gasteiger partial charge in [0.15, 0.2) is 17.9 Å². The molecule has 1 atom stereocenters. The summed E-state index contributed by atoms with van der Waals surface area (Å²) in [5.74, 6) is -3.96. The fraction of sp³-hybridized carbons (Fsp3) is 0.462. The first-order valence-electron chi connectivity index (χ1n) is 11.5. The topological polar surface area (TPSA) is 18.5 Å². The molecule has 2 aromatic carbocycles. The van der Waals surface area contributed by atoms with Crippen LogP contribution < -0.4 is 0 Å². The van der Waals surface area contributed by atoms with Gasteiger partial charge in [0.05, 0.1) is 18.8 Å². The predicted octanol–water partition coefficient (Wildman–Crippen LogP) is 7.76. The van der Waals surface area contributed by atoms with Crippen LogP contribution in [0.2, 0.25) is 0 Å². The van der Waals surface area contributed by atoms with Gasteiger partial charge in [0.25, 0.3) is 0 Å².